The zero-order valence-corrected chi connectivity index (χ0v) is 12.7. The van der Waals surface area contributed by atoms with Crippen molar-refractivity contribution in [1.82, 2.24) is 5.32 Å². The fourth-order valence-electron chi connectivity index (χ4n) is 3.69. The zero-order valence-electron chi connectivity index (χ0n) is 11.8. The molecule has 2 saturated carbocycles. The molecule has 4 nitrogen and oxygen atoms in total. The third-order valence-electron chi connectivity index (χ3n) is 5.24. The SMILES string of the molecule is CC1(C)CCC12CCCC(OB(O)CNC(=O)S)C2. The molecule has 2 aliphatic carbocycles. The number of rotatable bonds is 4. The van der Waals surface area contributed by atoms with Crippen LogP contribution in [0.3, 0.4) is 0 Å². The maximum atomic E-state index is 10.7. The molecule has 0 aliphatic heterocycles. The molecule has 6 heteroatoms. The summed E-state index contributed by atoms with van der Waals surface area (Å²) in [5.74, 6) is 0. The van der Waals surface area contributed by atoms with E-state index in [0.29, 0.717) is 10.8 Å². The van der Waals surface area contributed by atoms with E-state index in [1.165, 1.54) is 25.7 Å². The van der Waals surface area contributed by atoms with Gasteiger partial charge in [0.15, 0.2) is 0 Å². The Morgan fingerprint density at radius 3 is 2.74 bits per heavy atom. The maximum Gasteiger partial charge on any atom is 0.475 e. The summed E-state index contributed by atoms with van der Waals surface area (Å²) in [5, 5.41) is 11.8. The van der Waals surface area contributed by atoms with E-state index in [9.17, 15) is 9.82 Å². The van der Waals surface area contributed by atoms with Gasteiger partial charge in [-0.2, -0.15) is 0 Å². The normalized spacial score (nSPS) is 32.7. The molecule has 0 bridgehead atoms. The van der Waals surface area contributed by atoms with Crippen LogP contribution in [0.1, 0.15) is 52.4 Å². The molecule has 0 aromatic rings. The van der Waals surface area contributed by atoms with Gasteiger partial charge >= 0.3 is 7.12 Å². The average Bonchev–Trinajstić information content (AvgIpc) is 2.35. The highest BCUT2D eigenvalue weighted by atomic mass is 32.1. The van der Waals surface area contributed by atoms with Gasteiger partial charge in [-0.1, -0.05) is 32.9 Å². The van der Waals surface area contributed by atoms with Crippen LogP contribution in [0.2, 0.25) is 0 Å². The Bertz CT molecular complexity index is 353. The smallest absolute Gasteiger partial charge is 0.426 e. The molecule has 19 heavy (non-hydrogen) atoms. The second-order valence-electron chi connectivity index (χ2n) is 6.66. The minimum Gasteiger partial charge on any atom is -0.426 e. The molecule has 2 aliphatic rings. The second kappa shape index (κ2) is 5.66. The maximum absolute atomic E-state index is 10.7. The molecule has 108 valence electrons. The lowest BCUT2D eigenvalue weighted by molar-refractivity contribution is -0.110. The van der Waals surface area contributed by atoms with Crippen LogP contribution in [-0.2, 0) is 4.65 Å². The molecular formula is C13H24BNO3S. The topological polar surface area (TPSA) is 58.6 Å². The summed E-state index contributed by atoms with van der Waals surface area (Å²) < 4.78 is 5.67. The van der Waals surface area contributed by atoms with Crippen molar-refractivity contribution in [3.8, 4) is 0 Å². The molecule has 0 radical (unpaired) electrons. The molecule has 2 unspecified atom stereocenters. The molecular weight excluding hydrogens is 261 g/mol. The first-order chi connectivity index (χ1) is 8.85. The van der Waals surface area contributed by atoms with E-state index in [2.05, 4.69) is 31.8 Å². The number of nitrogens with one attached hydrogen (secondary N) is 1. The summed E-state index contributed by atoms with van der Waals surface area (Å²) in [4.78, 5) is 10.7. The predicted octanol–water partition coefficient (Wildman–Crippen LogP) is 2.41. The Morgan fingerprint density at radius 1 is 1.47 bits per heavy atom. The minimum atomic E-state index is -0.931. The van der Waals surface area contributed by atoms with Crippen LogP contribution >= 0.6 is 12.6 Å². The standard InChI is InChI=1S/C13H24BNO3S/c1-12(2)6-7-13(12)5-3-4-10(8-13)18-14(17)9-15-11(16)19/h10,17H,3-9H2,1-2H3,(H2,15,16,19). The Hall–Kier alpha value is -0.195. The van der Waals surface area contributed by atoms with E-state index in [-0.39, 0.29) is 12.5 Å². The molecule has 2 rings (SSSR count). The lowest BCUT2D eigenvalue weighted by atomic mass is 9.46. The summed E-state index contributed by atoms with van der Waals surface area (Å²) >= 11 is 3.60. The lowest BCUT2D eigenvalue weighted by Crippen LogP contribution is -2.52. The summed E-state index contributed by atoms with van der Waals surface area (Å²) in [6.07, 6.45) is 7.27. The van der Waals surface area contributed by atoms with Crippen LogP contribution in [0.4, 0.5) is 4.79 Å². The first-order valence-electron chi connectivity index (χ1n) is 7.15. The third kappa shape index (κ3) is 3.28. The quantitative estimate of drug-likeness (QED) is 0.549. The molecule has 0 saturated heterocycles. The summed E-state index contributed by atoms with van der Waals surface area (Å²) in [6.45, 7) is 4.69. The highest BCUT2D eigenvalue weighted by Gasteiger charge is 2.54. The number of amides is 1. The fraction of sp³-hybridized carbons (Fsp3) is 0.923. The average molecular weight is 285 g/mol. The fourth-order valence-corrected chi connectivity index (χ4v) is 3.78. The molecule has 0 heterocycles. The van der Waals surface area contributed by atoms with Gasteiger partial charge in [0.2, 0.25) is 0 Å². The largest absolute Gasteiger partial charge is 0.475 e. The van der Waals surface area contributed by atoms with E-state index in [4.69, 9.17) is 4.65 Å². The monoisotopic (exact) mass is 285 g/mol. The Kier molecular flexibility index (Phi) is 4.53. The number of hydrogen-bond donors (Lipinski definition) is 3. The zero-order chi connectivity index (χ0) is 14.1. The van der Waals surface area contributed by atoms with E-state index in [0.717, 1.165) is 12.8 Å². The van der Waals surface area contributed by atoms with Crippen molar-refractivity contribution in [2.24, 2.45) is 10.8 Å². The molecule has 2 atom stereocenters. The second-order valence-corrected chi connectivity index (χ2v) is 7.07. The first-order valence-corrected chi connectivity index (χ1v) is 7.60. The van der Waals surface area contributed by atoms with Crippen LogP contribution in [0.25, 0.3) is 0 Å². The van der Waals surface area contributed by atoms with Gasteiger partial charge in [-0.15, -0.1) is 0 Å². The number of hydrogen-bond acceptors (Lipinski definition) is 3. The van der Waals surface area contributed by atoms with Crippen molar-refractivity contribution in [2.75, 3.05) is 6.44 Å². The summed E-state index contributed by atoms with van der Waals surface area (Å²) in [7, 11) is -0.931. The van der Waals surface area contributed by atoms with E-state index in [1.54, 1.807) is 0 Å². The highest BCUT2D eigenvalue weighted by Crippen LogP contribution is 2.63. The molecule has 1 amide bonds. The lowest BCUT2D eigenvalue weighted by Gasteiger charge is -2.60. The Labute approximate surface area is 121 Å². The van der Waals surface area contributed by atoms with Crippen LogP contribution in [0.15, 0.2) is 0 Å². The van der Waals surface area contributed by atoms with Crippen LogP contribution in [-0.4, -0.2) is 29.9 Å². The molecule has 1 spiro atoms. The van der Waals surface area contributed by atoms with Crippen molar-refractivity contribution in [3.05, 3.63) is 0 Å². The van der Waals surface area contributed by atoms with Crippen LogP contribution in [0.5, 0.6) is 0 Å². The predicted molar refractivity (Wildman–Crippen MR) is 79.1 cm³/mol. The molecule has 0 aromatic carbocycles. The van der Waals surface area contributed by atoms with Gasteiger partial charge < -0.3 is 15.0 Å². The summed E-state index contributed by atoms with van der Waals surface area (Å²) in [6, 6.07) is 0. The number of thiol groups is 1. The van der Waals surface area contributed by atoms with Crippen molar-refractivity contribution in [3.63, 3.8) is 0 Å². The first kappa shape index (κ1) is 15.2. The molecule has 0 aromatic heterocycles. The van der Waals surface area contributed by atoms with E-state index in [1.807, 2.05) is 0 Å². The Balaban J connectivity index is 1.83. The van der Waals surface area contributed by atoms with Crippen molar-refractivity contribution in [1.29, 1.82) is 0 Å². The van der Waals surface area contributed by atoms with Crippen molar-refractivity contribution < 1.29 is 14.5 Å². The van der Waals surface area contributed by atoms with E-state index < -0.39 is 12.4 Å². The van der Waals surface area contributed by atoms with Crippen molar-refractivity contribution in [2.45, 2.75) is 58.5 Å². The van der Waals surface area contributed by atoms with Crippen LogP contribution < -0.4 is 5.32 Å². The highest BCUT2D eigenvalue weighted by molar-refractivity contribution is 7.96. The van der Waals surface area contributed by atoms with Gasteiger partial charge in [0.25, 0.3) is 5.24 Å². The summed E-state index contributed by atoms with van der Waals surface area (Å²) in [5.41, 5.74) is 0.807. The molecule has 2 fully saturated rings. The van der Waals surface area contributed by atoms with Gasteiger partial charge in [0.1, 0.15) is 0 Å². The van der Waals surface area contributed by atoms with Gasteiger partial charge in [-0.3, -0.25) is 4.79 Å². The van der Waals surface area contributed by atoms with Gasteiger partial charge in [0.05, 0.1) is 6.44 Å². The van der Waals surface area contributed by atoms with Gasteiger partial charge in [0, 0.05) is 6.10 Å². The number of carbonyl (C=O) groups is 1. The Morgan fingerprint density at radius 2 is 2.21 bits per heavy atom. The molecule has 2 N–H and O–H groups in total. The van der Waals surface area contributed by atoms with Gasteiger partial charge in [-0.05, 0) is 42.9 Å². The van der Waals surface area contributed by atoms with E-state index >= 15 is 0 Å². The minimum absolute atomic E-state index is 0.106. The number of carbonyl (C=O) groups excluding carboxylic acids is 1. The third-order valence-corrected chi connectivity index (χ3v) is 5.40. The van der Waals surface area contributed by atoms with Crippen molar-refractivity contribution >= 4 is 25.0 Å². The van der Waals surface area contributed by atoms with Crippen LogP contribution in [0, 0.1) is 10.8 Å². The van der Waals surface area contributed by atoms with Gasteiger partial charge in [-0.25, -0.2) is 0 Å².